The minimum atomic E-state index is -0.0133. The predicted molar refractivity (Wildman–Crippen MR) is 80.2 cm³/mol. The Bertz CT molecular complexity index is 237. The standard InChI is InChI=1S/C15H29NOS/c1-2-18-12-6-11-16-10-4-3-8-14(16)13-7-5-9-15(13)17/h13-15,17H,2-12H2,1H3. The lowest BCUT2D eigenvalue weighted by Gasteiger charge is -2.40. The van der Waals surface area contributed by atoms with Gasteiger partial charge in [0.2, 0.25) is 0 Å². The molecule has 0 bridgehead atoms. The van der Waals surface area contributed by atoms with Gasteiger partial charge in [-0.15, -0.1) is 0 Å². The highest BCUT2D eigenvalue weighted by Gasteiger charge is 2.36. The molecule has 3 heteroatoms. The van der Waals surface area contributed by atoms with E-state index in [0.29, 0.717) is 12.0 Å². The molecule has 0 spiro atoms. The Morgan fingerprint density at radius 2 is 2.06 bits per heavy atom. The number of nitrogens with zero attached hydrogens (tertiary/aromatic N) is 1. The van der Waals surface area contributed by atoms with Gasteiger partial charge in [-0.25, -0.2) is 0 Å². The molecule has 0 aromatic carbocycles. The molecule has 1 aliphatic carbocycles. The number of piperidine rings is 1. The SMILES string of the molecule is CCSCCCN1CCCCC1C1CCCC1O. The fourth-order valence-corrected chi connectivity index (χ4v) is 4.33. The molecule has 18 heavy (non-hydrogen) atoms. The maximum absolute atomic E-state index is 10.1. The van der Waals surface area contributed by atoms with E-state index >= 15 is 0 Å². The summed E-state index contributed by atoms with van der Waals surface area (Å²) in [6.07, 6.45) is 8.89. The topological polar surface area (TPSA) is 23.5 Å². The molecule has 106 valence electrons. The molecule has 3 unspecified atom stereocenters. The maximum Gasteiger partial charge on any atom is 0.0583 e. The van der Waals surface area contributed by atoms with Gasteiger partial charge in [0.1, 0.15) is 0 Å². The summed E-state index contributed by atoms with van der Waals surface area (Å²) in [5.74, 6) is 3.11. The quantitative estimate of drug-likeness (QED) is 0.751. The Labute approximate surface area is 117 Å². The van der Waals surface area contributed by atoms with E-state index in [0.717, 1.165) is 6.42 Å². The third kappa shape index (κ3) is 3.88. The second-order valence-corrected chi connectivity index (χ2v) is 7.21. The van der Waals surface area contributed by atoms with E-state index in [4.69, 9.17) is 0 Å². The highest BCUT2D eigenvalue weighted by Crippen LogP contribution is 2.35. The van der Waals surface area contributed by atoms with Crippen molar-refractivity contribution in [3.05, 3.63) is 0 Å². The number of hydrogen-bond acceptors (Lipinski definition) is 3. The molecule has 0 aromatic rings. The molecule has 1 N–H and O–H groups in total. The number of aliphatic hydroxyl groups is 1. The van der Waals surface area contributed by atoms with Crippen LogP contribution < -0.4 is 0 Å². The van der Waals surface area contributed by atoms with Crippen LogP contribution in [0.3, 0.4) is 0 Å². The van der Waals surface area contributed by atoms with E-state index in [-0.39, 0.29) is 6.10 Å². The van der Waals surface area contributed by atoms with Crippen LogP contribution >= 0.6 is 11.8 Å². The van der Waals surface area contributed by atoms with Crippen molar-refractivity contribution < 1.29 is 5.11 Å². The third-order valence-electron chi connectivity index (χ3n) is 4.63. The predicted octanol–water partition coefficient (Wildman–Crippen LogP) is 3.15. The first-order valence-electron chi connectivity index (χ1n) is 7.82. The lowest BCUT2D eigenvalue weighted by molar-refractivity contribution is 0.0358. The van der Waals surface area contributed by atoms with Gasteiger partial charge >= 0.3 is 0 Å². The molecule has 2 aliphatic rings. The summed E-state index contributed by atoms with van der Waals surface area (Å²) in [5.41, 5.74) is 0. The summed E-state index contributed by atoms with van der Waals surface area (Å²) < 4.78 is 0. The van der Waals surface area contributed by atoms with Crippen LogP contribution in [0.15, 0.2) is 0 Å². The molecule has 2 rings (SSSR count). The molecular weight excluding hydrogens is 242 g/mol. The van der Waals surface area contributed by atoms with Gasteiger partial charge in [0, 0.05) is 12.0 Å². The maximum atomic E-state index is 10.1. The van der Waals surface area contributed by atoms with Crippen LogP contribution in [-0.4, -0.2) is 46.7 Å². The lowest BCUT2D eigenvalue weighted by atomic mass is 9.87. The first-order chi connectivity index (χ1) is 8.83. The summed E-state index contributed by atoms with van der Waals surface area (Å²) in [4.78, 5) is 2.69. The van der Waals surface area contributed by atoms with Crippen molar-refractivity contribution >= 4 is 11.8 Å². The first-order valence-corrected chi connectivity index (χ1v) is 8.98. The van der Waals surface area contributed by atoms with Crippen molar-refractivity contribution in [2.24, 2.45) is 5.92 Å². The van der Waals surface area contributed by atoms with E-state index < -0.39 is 0 Å². The molecule has 1 saturated heterocycles. The monoisotopic (exact) mass is 271 g/mol. The second-order valence-electron chi connectivity index (χ2n) is 5.81. The molecule has 1 saturated carbocycles. The molecule has 2 nitrogen and oxygen atoms in total. The largest absolute Gasteiger partial charge is 0.393 e. The number of rotatable bonds is 6. The van der Waals surface area contributed by atoms with Crippen LogP contribution in [0.1, 0.15) is 51.9 Å². The Hall–Kier alpha value is 0.270. The lowest BCUT2D eigenvalue weighted by Crippen LogP contribution is -2.46. The van der Waals surface area contributed by atoms with Crippen molar-refractivity contribution in [2.45, 2.75) is 64.0 Å². The first kappa shape index (κ1) is 14.7. The summed E-state index contributed by atoms with van der Waals surface area (Å²) in [5, 5.41) is 10.1. The Morgan fingerprint density at radius 1 is 1.17 bits per heavy atom. The molecular formula is C15H29NOS. The van der Waals surface area contributed by atoms with Crippen LogP contribution in [0.2, 0.25) is 0 Å². The second kappa shape index (κ2) is 7.76. The number of likely N-dealkylation sites (tertiary alicyclic amines) is 1. The van der Waals surface area contributed by atoms with Crippen molar-refractivity contribution in [3.63, 3.8) is 0 Å². The van der Waals surface area contributed by atoms with Gasteiger partial charge in [-0.2, -0.15) is 11.8 Å². The van der Waals surface area contributed by atoms with E-state index in [9.17, 15) is 5.11 Å². The molecule has 0 radical (unpaired) electrons. The minimum Gasteiger partial charge on any atom is -0.393 e. The Balaban J connectivity index is 1.81. The van der Waals surface area contributed by atoms with E-state index in [1.54, 1.807) is 0 Å². The van der Waals surface area contributed by atoms with Crippen molar-refractivity contribution in [3.8, 4) is 0 Å². The van der Waals surface area contributed by atoms with Crippen molar-refractivity contribution in [2.75, 3.05) is 24.6 Å². The number of aliphatic hydroxyl groups excluding tert-OH is 1. The molecule has 1 heterocycles. The van der Waals surface area contributed by atoms with Gasteiger partial charge < -0.3 is 5.11 Å². The minimum absolute atomic E-state index is 0.0133. The summed E-state index contributed by atoms with van der Waals surface area (Å²) >= 11 is 2.05. The zero-order valence-electron chi connectivity index (χ0n) is 11.8. The fourth-order valence-electron chi connectivity index (χ4n) is 3.71. The zero-order chi connectivity index (χ0) is 12.8. The van der Waals surface area contributed by atoms with Crippen LogP contribution in [0, 0.1) is 5.92 Å². The van der Waals surface area contributed by atoms with Crippen molar-refractivity contribution in [1.29, 1.82) is 0 Å². The molecule has 1 aliphatic heterocycles. The molecule has 0 aromatic heterocycles. The highest BCUT2D eigenvalue weighted by atomic mass is 32.2. The number of hydrogen-bond donors (Lipinski definition) is 1. The van der Waals surface area contributed by atoms with E-state index in [1.165, 1.54) is 63.1 Å². The van der Waals surface area contributed by atoms with Crippen LogP contribution in [0.25, 0.3) is 0 Å². The summed E-state index contributed by atoms with van der Waals surface area (Å²) in [7, 11) is 0. The van der Waals surface area contributed by atoms with Gasteiger partial charge in [0.25, 0.3) is 0 Å². The summed E-state index contributed by atoms with van der Waals surface area (Å²) in [6.45, 7) is 4.76. The van der Waals surface area contributed by atoms with Gasteiger partial charge in [-0.3, -0.25) is 4.90 Å². The van der Waals surface area contributed by atoms with E-state index in [2.05, 4.69) is 23.6 Å². The highest BCUT2D eigenvalue weighted by molar-refractivity contribution is 7.99. The van der Waals surface area contributed by atoms with Crippen LogP contribution in [0.4, 0.5) is 0 Å². The van der Waals surface area contributed by atoms with Gasteiger partial charge in [-0.1, -0.05) is 19.8 Å². The molecule has 3 atom stereocenters. The Kier molecular flexibility index (Phi) is 6.33. The van der Waals surface area contributed by atoms with Crippen LogP contribution in [-0.2, 0) is 0 Å². The molecule has 0 amide bonds. The van der Waals surface area contributed by atoms with Gasteiger partial charge in [0.05, 0.1) is 6.10 Å². The third-order valence-corrected chi connectivity index (χ3v) is 5.61. The normalized spacial score (nSPS) is 34.0. The number of thioether (sulfide) groups is 1. The van der Waals surface area contributed by atoms with Crippen molar-refractivity contribution in [1.82, 2.24) is 4.90 Å². The van der Waals surface area contributed by atoms with Crippen LogP contribution in [0.5, 0.6) is 0 Å². The van der Waals surface area contributed by atoms with Gasteiger partial charge in [-0.05, 0) is 56.7 Å². The van der Waals surface area contributed by atoms with E-state index in [1.807, 2.05) is 0 Å². The molecule has 2 fully saturated rings. The average Bonchev–Trinajstić information content (AvgIpc) is 2.81. The Morgan fingerprint density at radius 3 is 2.78 bits per heavy atom. The summed E-state index contributed by atoms with van der Waals surface area (Å²) in [6, 6.07) is 0.683. The average molecular weight is 271 g/mol. The fraction of sp³-hybridized carbons (Fsp3) is 1.00. The smallest absolute Gasteiger partial charge is 0.0583 e. The zero-order valence-corrected chi connectivity index (χ0v) is 12.6. The van der Waals surface area contributed by atoms with Gasteiger partial charge in [0.15, 0.2) is 0 Å².